The van der Waals surface area contributed by atoms with Gasteiger partial charge in [0.2, 0.25) is 0 Å². The molecule has 1 N–H and O–H groups in total. The molecule has 0 spiro atoms. The maximum absolute atomic E-state index is 11.0. The van der Waals surface area contributed by atoms with Crippen molar-refractivity contribution in [2.45, 2.75) is 32.9 Å². The minimum Gasteiger partial charge on any atom is -0.480 e. The van der Waals surface area contributed by atoms with Gasteiger partial charge in [-0.05, 0) is 32.9 Å². The number of nitrogens with zero attached hydrogens (tertiary/aromatic N) is 3. The smallest absolute Gasteiger partial charge is 0.317 e. The van der Waals surface area contributed by atoms with Gasteiger partial charge in [0.25, 0.3) is 0 Å². The quantitative estimate of drug-likeness (QED) is 0.918. The number of carboxylic acid groups (broad SMARTS) is 1. The molecule has 5 nitrogen and oxygen atoms in total. The van der Waals surface area contributed by atoms with Crippen molar-refractivity contribution in [3.63, 3.8) is 0 Å². The number of benzene rings is 1. The molecule has 0 saturated carbocycles. The second-order valence-corrected chi connectivity index (χ2v) is 6.05. The average molecular weight is 287 g/mol. The van der Waals surface area contributed by atoms with Crippen molar-refractivity contribution in [2.24, 2.45) is 0 Å². The summed E-state index contributed by atoms with van der Waals surface area (Å²) >= 11 is 0. The summed E-state index contributed by atoms with van der Waals surface area (Å²) in [5.41, 5.74) is 1.77. The van der Waals surface area contributed by atoms with E-state index in [2.05, 4.69) is 5.10 Å². The lowest BCUT2D eigenvalue weighted by Crippen LogP contribution is -2.43. The fourth-order valence-corrected chi connectivity index (χ4v) is 2.08. The molecule has 0 radical (unpaired) electrons. The van der Waals surface area contributed by atoms with Gasteiger partial charge >= 0.3 is 5.97 Å². The molecule has 0 bridgehead atoms. The highest BCUT2D eigenvalue weighted by Gasteiger charge is 2.24. The molecule has 0 aliphatic heterocycles. The van der Waals surface area contributed by atoms with Gasteiger partial charge in [-0.2, -0.15) is 5.10 Å². The summed E-state index contributed by atoms with van der Waals surface area (Å²) in [5.74, 6) is -0.819. The topological polar surface area (TPSA) is 58.4 Å². The van der Waals surface area contributed by atoms with Crippen LogP contribution < -0.4 is 0 Å². The molecule has 112 valence electrons. The maximum Gasteiger partial charge on any atom is 0.317 e. The van der Waals surface area contributed by atoms with Crippen molar-refractivity contribution in [1.29, 1.82) is 0 Å². The van der Waals surface area contributed by atoms with Crippen LogP contribution in [0, 0.1) is 0 Å². The predicted molar refractivity (Wildman–Crippen MR) is 81.4 cm³/mol. The summed E-state index contributed by atoms with van der Waals surface area (Å²) in [6.07, 6.45) is 3.73. The molecular formula is C16H21N3O2. The first-order chi connectivity index (χ1) is 9.86. The third-order valence-corrected chi connectivity index (χ3v) is 3.31. The van der Waals surface area contributed by atoms with Gasteiger partial charge in [0.15, 0.2) is 0 Å². The zero-order chi connectivity index (χ0) is 15.5. The Kier molecular flexibility index (Phi) is 4.43. The van der Waals surface area contributed by atoms with Crippen LogP contribution in [0.25, 0.3) is 5.69 Å². The summed E-state index contributed by atoms with van der Waals surface area (Å²) in [7, 11) is 0. The van der Waals surface area contributed by atoms with Crippen molar-refractivity contribution < 1.29 is 9.90 Å². The average Bonchev–Trinajstić information content (AvgIpc) is 2.86. The lowest BCUT2D eigenvalue weighted by atomic mass is 10.1. The number of rotatable bonds is 5. The SMILES string of the molecule is CC(C)(C)N(CC(=O)O)Cc1cnn(-c2ccccc2)c1. The highest BCUT2D eigenvalue weighted by molar-refractivity contribution is 5.69. The fraction of sp³-hybridized carbons (Fsp3) is 0.375. The first-order valence-electron chi connectivity index (χ1n) is 6.92. The van der Waals surface area contributed by atoms with E-state index >= 15 is 0 Å². The van der Waals surface area contributed by atoms with Gasteiger partial charge in [0.1, 0.15) is 0 Å². The Morgan fingerprint density at radius 1 is 1.29 bits per heavy atom. The Morgan fingerprint density at radius 2 is 1.95 bits per heavy atom. The summed E-state index contributed by atoms with van der Waals surface area (Å²) in [6.45, 7) is 6.61. The second kappa shape index (κ2) is 6.10. The number of carboxylic acids is 1. The third-order valence-electron chi connectivity index (χ3n) is 3.31. The number of aromatic nitrogens is 2. The van der Waals surface area contributed by atoms with Gasteiger partial charge in [-0.25, -0.2) is 4.68 Å². The molecular weight excluding hydrogens is 266 g/mol. The number of aliphatic carboxylic acids is 1. The minimum absolute atomic E-state index is 0.0139. The van der Waals surface area contributed by atoms with E-state index in [0.29, 0.717) is 6.54 Å². The molecule has 1 aromatic heterocycles. The van der Waals surface area contributed by atoms with Crippen LogP contribution in [0.1, 0.15) is 26.3 Å². The highest BCUT2D eigenvalue weighted by atomic mass is 16.4. The first kappa shape index (κ1) is 15.3. The molecule has 0 saturated heterocycles. The normalized spacial score (nSPS) is 11.8. The van der Waals surface area contributed by atoms with Crippen LogP contribution in [0.2, 0.25) is 0 Å². The van der Waals surface area contributed by atoms with Crippen molar-refractivity contribution in [3.05, 3.63) is 48.3 Å². The second-order valence-electron chi connectivity index (χ2n) is 6.05. The van der Waals surface area contributed by atoms with Gasteiger partial charge in [-0.15, -0.1) is 0 Å². The van der Waals surface area contributed by atoms with Crippen LogP contribution in [0.3, 0.4) is 0 Å². The minimum atomic E-state index is -0.819. The number of hydrogen-bond acceptors (Lipinski definition) is 3. The molecule has 2 aromatic rings. The summed E-state index contributed by atoms with van der Waals surface area (Å²) in [6, 6.07) is 9.85. The first-order valence-corrected chi connectivity index (χ1v) is 6.92. The predicted octanol–water partition coefficient (Wildman–Crippen LogP) is 2.56. The van der Waals surface area contributed by atoms with E-state index in [1.54, 1.807) is 10.9 Å². The van der Waals surface area contributed by atoms with Crippen LogP contribution in [0.5, 0.6) is 0 Å². The van der Waals surface area contributed by atoms with Crippen molar-refractivity contribution in [1.82, 2.24) is 14.7 Å². The standard InChI is InChI=1S/C16H21N3O2/c1-16(2,3)18(12-15(20)21)10-13-9-17-19(11-13)14-7-5-4-6-8-14/h4-9,11H,10,12H2,1-3H3,(H,20,21). The molecule has 21 heavy (non-hydrogen) atoms. The maximum atomic E-state index is 11.0. The van der Waals surface area contributed by atoms with Crippen molar-refractivity contribution in [3.8, 4) is 5.69 Å². The number of para-hydroxylation sites is 1. The fourth-order valence-electron chi connectivity index (χ4n) is 2.08. The molecule has 0 fully saturated rings. The number of carbonyl (C=O) groups is 1. The Balaban J connectivity index is 2.15. The van der Waals surface area contributed by atoms with Crippen LogP contribution in [0.15, 0.2) is 42.7 Å². The largest absolute Gasteiger partial charge is 0.480 e. The highest BCUT2D eigenvalue weighted by Crippen LogP contribution is 2.17. The van der Waals surface area contributed by atoms with E-state index in [9.17, 15) is 4.79 Å². The van der Waals surface area contributed by atoms with Crippen molar-refractivity contribution in [2.75, 3.05) is 6.54 Å². The summed E-state index contributed by atoms with van der Waals surface area (Å²) < 4.78 is 1.80. The van der Waals surface area contributed by atoms with E-state index in [0.717, 1.165) is 11.3 Å². The summed E-state index contributed by atoms with van der Waals surface area (Å²) in [4.78, 5) is 12.9. The van der Waals surface area contributed by atoms with Gasteiger partial charge in [0, 0.05) is 23.8 Å². The van der Waals surface area contributed by atoms with E-state index < -0.39 is 5.97 Å². The molecule has 1 aromatic carbocycles. The lowest BCUT2D eigenvalue weighted by Gasteiger charge is -2.33. The monoisotopic (exact) mass is 287 g/mol. The Bertz CT molecular complexity index is 599. The van der Waals surface area contributed by atoms with Gasteiger partial charge in [-0.3, -0.25) is 9.69 Å². The molecule has 1 heterocycles. The van der Waals surface area contributed by atoms with Crippen molar-refractivity contribution >= 4 is 5.97 Å². The summed E-state index contributed by atoms with van der Waals surface area (Å²) in [5, 5.41) is 13.4. The number of hydrogen-bond donors (Lipinski definition) is 1. The third kappa shape index (κ3) is 4.16. The van der Waals surface area contributed by atoms with Crippen LogP contribution in [-0.2, 0) is 11.3 Å². The molecule has 0 aliphatic rings. The Morgan fingerprint density at radius 3 is 2.52 bits per heavy atom. The van der Waals surface area contributed by atoms with Gasteiger partial charge in [-0.1, -0.05) is 18.2 Å². The Labute approximate surface area is 124 Å². The van der Waals surface area contributed by atoms with E-state index in [1.807, 2.05) is 62.2 Å². The molecule has 0 unspecified atom stereocenters. The molecule has 0 aliphatic carbocycles. The zero-order valence-corrected chi connectivity index (χ0v) is 12.7. The van der Waals surface area contributed by atoms with Gasteiger partial charge in [0.05, 0.1) is 18.4 Å². The van der Waals surface area contributed by atoms with E-state index in [-0.39, 0.29) is 12.1 Å². The van der Waals surface area contributed by atoms with Crippen LogP contribution in [-0.4, -0.2) is 37.8 Å². The molecule has 0 amide bonds. The van der Waals surface area contributed by atoms with E-state index in [4.69, 9.17) is 5.11 Å². The molecule has 2 rings (SSSR count). The molecule has 0 atom stereocenters. The van der Waals surface area contributed by atoms with E-state index in [1.165, 1.54) is 0 Å². The van der Waals surface area contributed by atoms with Gasteiger partial charge < -0.3 is 5.11 Å². The van der Waals surface area contributed by atoms with Crippen LogP contribution in [0.4, 0.5) is 0 Å². The van der Waals surface area contributed by atoms with Crippen LogP contribution >= 0.6 is 0 Å². The molecule has 5 heteroatoms. The zero-order valence-electron chi connectivity index (χ0n) is 12.7. The lowest BCUT2D eigenvalue weighted by molar-refractivity contribution is -0.139. The Hall–Kier alpha value is -2.14.